The van der Waals surface area contributed by atoms with E-state index in [4.69, 9.17) is 0 Å². The second-order valence-corrected chi connectivity index (χ2v) is 5.04. The molecule has 0 saturated carbocycles. The van der Waals surface area contributed by atoms with E-state index in [0.717, 1.165) is 0 Å². The van der Waals surface area contributed by atoms with Gasteiger partial charge in [0, 0.05) is 0 Å². The fraction of sp³-hybridized carbons (Fsp3) is 0.727. The lowest BCUT2D eigenvalue weighted by atomic mass is 10.2. The van der Waals surface area contributed by atoms with Crippen molar-refractivity contribution in [1.82, 2.24) is 10.6 Å². The molecule has 104 valence electrons. The average molecular weight is 276 g/mol. The Morgan fingerprint density at radius 2 is 1.50 bits per heavy atom. The van der Waals surface area contributed by atoms with Crippen molar-refractivity contribution in [1.29, 1.82) is 0 Å². The highest BCUT2D eigenvalue weighted by Crippen LogP contribution is 2.04. The number of hydrogen-bond donors (Lipinski definition) is 2. The molecule has 0 radical (unpaired) electrons. The van der Waals surface area contributed by atoms with Gasteiger partial charge in [0.05, 0.1) is 12.4 Å². The number of esters is 1. The maximum Gasteiger partial charge on any atom is 0.328 e. The molecule has 0 aromatic carbocycles. The number of ether oxygens (including phenoxy) is 1. The Balaban J connectivity index is 4.27. The van der Waals surface area contributed by atoms with Crippen molar-refractivity contribution < 1.29 is 19.1 Å². The Bertz CT molecular complexity index is 322. The van der Waals surface area contributed by atoms with Crippen molar-refractivity contribution in [2.75, 3.05) is 13.4 Å². The molecule has 2 N–H and O–H groups in total. The normalized spacial score (nSPS) is 15.2. The van der Waals surface area contributed by atoms with E-state index in [-0.39, 0.29) is 11.2 Å². The van der Waals surface area contributed by atoms with Gasteiger partial charge in [0.1, 0.15) is 12.1 Å². The lowest BCUT2D eigenvalue weighted by molar-refractivity contribution is -0.144. The van der Waals surface area contributed by atoms with Gasteiger partial charge in [-0.15, -0.1) is 0 Å². The molecule has 6 nitrogen and oxygen atoms in total. The van der Waals surface area contributed by atoms with Gasteiger partial charge in [-0.25, -0.2) is 4.79 Å². The summed E-state index contributed by atoms with van der Waals surface area (Å²) in [5, 5.41) is 4.80. The van der Waals surface area contributed by atoms with Crippen molar-refractivity contribution in [3.05, 3.63) is 0 Å². The molecule has 0 rings (SSSR count). The zero-order chi connectivity index (χ0) is 14.3. The third-order valence-electron chi connectivity index (χ3n) is 2.39. The van der Waals surface area contributed by atoms with Gasteiger partial charge in [-0.05, 0) is 27.0 Å². The first-order valence-corrected chi connectivity index (χ1v) is 6.83. The summed E-state index contributed by atoms with van der Waals surface area (Å²) in [6.07, 6.45) is 1.81. The quantitative estimate of drug-likeness (QED) is 0.663. The van der Waals surface area contributed by atoms with Crippen molar-refractivity contribution in [3.8, 4) is 0 Å². The summed E-state index contributed by atoms with van der Waals surface area (Å²) >= 11 is 1.39. The fourth-order valence-electron chi connectivity index (χ4n) is 1.08. The van der Waals surface area contributed by atoms with E-state index in [0.29, 0.717) is 0 Å². The van der Waals surface area contributed by atoms with Crippen LogP contribution in [0.3, 0.4) is 0 Å². The summed E-state index contributed by atoms with van der Waals surface area (Å²) in [4.78, 5) is 34.4. The highest BCUT2D eigenvalue weighted by Gasteiger charge is 2.22. The van der Waals surface area contributed by atoms with E-state index < -0.39 is 24.0 Å². The van der Waals surface area contributed by atoms with Crippen LogP contribution in [0.1, 0.15) is 20.8 Å². The molecule has 3 unspecified atom stereocenters. The topological polar surface area (TPSA) is 84.5 Å². The van der Waals surface area contributed by atoms with Crippen LogP contribution in [0.2, 0.25) is 0 Å². The highest BCUT2D eigenvalue weighted by atomic mass is 32.2. The number of thioether (sulfide) groups is 1. The molecule has 0 aliphatic carbocycles. The molecule has 2 amide bonds. The van der Waals surface area contributed by atoms with Gasteiger partial charge < -0.3 is 15.4 Å². The summed E-state index contributed by atoms with van der Waals surface area (Å²) < 4.78 is 4.49. The minimum absolute atomic E-state index is 0.212. The molecule has 0 saturated heterocycles. The summed E-state index contributed by atoms with van der Waals surface area (Å²) in [7, 11) is 1.25. The minimum atomic E-state index is -0.736. The van der Waals surface area contributed by atoms with E-state index in [1.54, 1.807) is 13.8 Å². The maximum atomic E-state index is 11.7. The van der Waals surface area contributed by atoms with Crippen molar-refractivity contribution in [3.63, 3.8) is 0 Å². The zero-order valence-corrected chi connectivity index (χ0v) is 12.1. The van der Waals surface area contributed by atoms with Crippen LogP contribution in [0.4, 0.5) is 0 Å². The molecule has 0 aromatic heterocycles. The van der Waals surface area contributed by atoms with Crippen LogP contribution >= 0.6 is 11.8 Å². The smallest absolute Gasteiger partial charge is 0.328 e. The number of rotatable bonds is 6. The summed E-state index contributed by atoms with van der Waals surface area (Å²) in [5.74, 6) is -1.16. The highest BCUT2D eigenvalue weighted by molar-refractivity contribution is 7.99. The Kier molecular flexibility index (Phi) is 7.42. The maximum absolute atomic E-state index is 11.7. The van der Waals surface area contributed by atoms with E-state index in [2.05, 4.69) is 15.4 Å². The van der Waals surface area contributed by atoms with Crippen LogP contribution in [0.25, 0.3) is 0 Å². The van der Waals surface area contributed by atoms with E-state index >= 15 is 0 Å². The number of amides is 2. The van der Waals surface area contributed by atoms with E-state index in [1.165, 1.54) is 25.8 Å². The Morgan fingerprint density at radius 1 is 1.00 bits per heavy atom. The van der Waals surface area contributed by atoms with Gasteiger partial charge in [-0.1, -0.05) is 0 Å². The number of methoxy groups -OCH3 is 1. The van der Waals surface area contributed by atoms with Gasteiger partial charge in [-0.3, -0.25) is 9.59 Å². The lowest BCUT2D eigenvalue weighted by Crippen LogP contribution is -2.50. The second kappa shape index (κ2) is 7.97. The lowest BCUT2D eigenvalue weighted by Gasteiger charge is -2.18. The monoisotopic (exact) mass is 276 g/mol. The summed E-state index contributed by atoms with van der Waals surface area (Å²) in [5.41, 5.74) is 0. The molecule has 18 heavy (non-hydrogen) atoms. The fourth-order valence-corrected chi connectivity index (χ4v) is 1.36. The van der Waals surface area contributed by atoms with Gasteiger partial charge in [0.15, 0.2) is 0 Å². The Labute approximate surface area is 111 Å². The average Bonchev–Trinajstić information content (AvgIpc) is 2.35. The van der Waals surface area contributed by atoms with Crippen LogP contribution < -0.4 is 10.6 Å². The van der Waals surface area contributed by atoms with Gasteiger partial charge in [0.25, 0.3) is 0 Å². The molecule has 3 atom stereocenters. The summed E-state index contributed by atoms with van der Waals surface area (Å²) in [6.45, 7) is 4.83. The SMILES string of the molecule is COC(=O)C(C)NC(=O)C(C)NC(=O)C(C)SC. The standard InChI is InChI=1S/C11H20N2O4S/c1-6(12-10(15)8(3)18-5)9(14)13-7(2)11(16)17-4/h6-8H,1-5H3,(H,12,15)(H,13,14). The van der Waals surface area contributed by atoms with Crippen molar-refractivity contribution >= 4 is 29.5 Å². The molecule has 0 aliphatic rings. The first-order chi connectivity index (χ1) is 8.33. The predicted molar refractivity (Wildman–Crippen MR) is 70.2 cm³/mol. The minimum Gasteiger partial charge on any atom is -0.467 e. The van der Waals surface area contributed by atoms with Gasteiger partial charge in [0.2, 0.25) is 11.8 Å². The number of carbonyl (C=O) groups excluding carboxylic acids is 3. The van der Waals surface area contributed by atoms with Crippen LogP contribution in [-0.4, -0.2) is 48.5 Å². The Morgan fingerprint density at radius 3 is 1.94 bits per heavy atom. The molecule has 0 fully saturated rings. The van der Waals surface area contributed by atoms with Crippen LogP contribution in [0.5, 0.6) is 0 Å². The predicted octanol–water partition coefficient (Wildman–Crippen LogP) is -0.0797. The molecule has 7 heteroatoms. The van der Waals surface area contributed by atoms with Gasteiger partial charge >= 0.3 is 5.97 Å². The second-order valence-electron chi connectivity index (χ2n) is 3.86. The third kappa shape index (κ3) is 5.39. The van der Waals surface area contributed by atoms with Crippen LogP contribution in [-0.2, 0) is 19.1 Å². The molecule has 0 aliphatic heterocycles. The molecule has 0 spiro atoms. The van der Waals surface area contributed by atoms with Crippen molar-refractivity contribution in [2.24, 2.45) is 0 Å². The van der Waals surface area contributed by atoms with E-state index in [9.17, 15) is 14.4 Å². The molecular weight excluding hydrogens is 256 g/mol. The Hall–Kier alpha value is -1.24. The zero-order valence-electron chi connectivity index (χ0n) is 11.3. The van der Waals surface area contributed by atoms with Crippen LogP contribution in [0, 0.1) is 0 Å². The molecule has 0 aromatic rings. The number of carbonyl (C=O) groups is 3. The van der Waals surface area contributed by atoms with Crippen molar-refractivity contribution in [2.45, 2.75) is 38.1 Å². The molecule has 0 bridgehead atoms. The van der Waals surface area contributed by atoms with Gasteiger partial charge in [-0.2, -0.15) is 11.8 Å². The van der Waals surface area contributed by atoms with Crippen LogP contribution in [0.15, 0.2) is 0 Å². The van der Waals surface area contributed by atoms with E-state index in [1.807, 2.05) is 6.26 Å². The largest absolute Gasteiger partial charge is 0.467 e. The summed E-state index contributed by atoms with van der Waals surface area (Å²) in [6, 6.07) is -1.43. The number of hydrogen-bond acceptors (Lipinski definition) is 5. The first kappa shape index (κ1) is 16.8. The molecule has 0 heterocycles. The number of nitrogens with one attached hydrogen (secondary N) is 2. The first-order valence-electron chi connectivity index (χ1n) is 5.54. The molecular formula is C11H20N2O4S. The third-order valence-corrected chi connectivity index (χ3v) is 3.31.